The Hall–Kier alpha value is -2.87. The Labute approximate surface area is 135 Å². The fourth-order valence-corrected chi connectivity index (χ4v) is 2.01. The van der Waals surface area contributed by atoms with Crippen LogP contribution in [0.15, 0.2) is 24.4 Å². The Balaban J connectivity index is 2.35. The molecule has 120 valence electrons. The number of nitrogens with one attached hydrogen (secondary N) is 2. The van der Waals surface area contributed by atoms with Crippen LogP contribution in [-0.4, -0.2) is 29.0 Å². The predicted molar refractivity (Wildman–Crippen MR) is 83.5 cm³/mol. The lowest BCUT2D eigenvalue weighted by molar-refractivity contribution is 0.102. The van der Waals surface area contributed by atoms with Gasteiger partial charge in [-0.1, -0.05) is 11.6 Å². The molecule has 1 amide bonds. The van der Waals surface area contributed by atoms with Crippen LogP contribution in [0.2, 0.25) is 5.02 Å². The molecule has 9 heteroatoms. The van der Waals surface area contributed by atoms with Crippen molar-refractivity contribution in [1.29, 1.82) is 5.41 Å². The van der Waals surface area contributed by atoms with Crippen molar-refractivity contribution in [2.45, 2.75) is 0 Å². The fraction of sp³-hybridized carbons (Fsp3) is 0.0714. The second-order valence-electron chi connectivity index (χ2n) is 4.40. The lowest BCUT2D eigenvalue weighted by Gasteiger charge is -2.11. The van der Waals surface area contributed by atoms with E-state index in [2.05, 4.69) is 10.3 Å². The van der Waals surface area contributed by atoms with Gasteiger partial charge < -0.3 is 20.9 Å². The highest BCUT2D eigenvalue weighted by molar-refractivity contribution is 6.34. The first kappa shape index (κ1) is 16.5. The molecule has 0 aliphatic carbocycles. The van der Waals surface area contributed by atoms with Crippen molar-refractivity contribution in [3.63, 3.8) is 0 Å². The van der Waals surface area contributed by atoms with Crippen LogP contribution in [0.5, 0.6) is 5.75 Å². The number of carbonyl (C=O) groups is 1. The molecule has 2 rings (SSSR count). The summed E-state index contributed by atoms with van der Waals surface area (Å²) in [7, 11) is 1.29. The van der Waals surface area contributed by atoms with E-state index in [4.69, 9.17) is 27.5 Å². The molecule has 1 aromatic carbocycles. The smallest absolute Gasteiger partial charge is 0.260 e. The first-order chi connectivity index (χ1) is 10.8. The van der Waals surface area contributed by atoms with Crippen molar-refractivity contribution >= 4 is 34.9 Å². The second kappa shape index (κ2) is 6.49. The number of hydrogen-bond acceptors (Lipinski definition) is 6. The SMILES string of the molecule is COC(=N)c1cc(NC(=O)c2c(Cl)ccc(O)c2F)cnc1N. The minimum Gasteiger partial charge on any atom is -0.505 e. The second-order valence-corrected chi connectivity index (χ2v) is 4.81. The lowest BCUT2D eigenvalue weighted by Crippen LogP contribution is -2.16. The maximum Gasteiger partial charge on any atom is 0.260 e. The van der Waals surface area contributed by atoms with Crippen LogP contribution in [0.25, 0.3) is 0 Å². The number of methoxy groups -OCH3 is 1. The summed E-state index contributed by atoms with van der Waals surface area (Å²) in [5.74, 6) is -2.92. The van der Waals surface area contributed by atoms with Crippen LogP contribution >= 0.6 is 11.6 Å². The Morgan fingerprint density at radius 2 is 2.22 bits per heavy atom. The van der Waals surface area contributed by atoms with E-state index in [-0.39, 0.29) is 28.0 Å². The van der Waals surface area contributed by atoms with E-state index in [1.807, 2.05) is 0 Å². The average Bonchev–Trinajstić information content (AvgIpc) is 2.52. The van der Waals surface area contributed by atoms with E-state index >= 15 is 0 Å². The maximum atomic E-state index is 13.9. The standard InChI is InChI=1S/C14H12ClFN4O3/c1-23-13(18)7-4-6(5-19-12(7)17)20-14(22)10-8(15)2-3-9(21)11(10)16/h2-5,18,21H,1H3,(H2,17,19)(H,20,22). The maximum absolute atomic E-state index is 13.9. The van der Waals surface area contributed by atoms with Gasteiger partial charge >= 0.3 is 0 Å². The monoisotopic (exact) mass is 338 g/mol. The van der Waals surface area contributed by atoms with Gasteiger partial charge in [-0.05, 0) is 18.2 Å². The number of nitrogen functional groups attached to an aromatic ring is 1. The molecule has 0 unspecified atom stereocenters. The van der Waals surface area contributed by atoms with Crippen LogP contribution in [0.4, 0.5) is 15.9 Å². The van der Waals surface area contributed by atoms with Crippen molar-refractivity contribution < 1.29 is 19.0 Å². The molecular formula is C14H12ClFN4O3. The molecule has 1 aromatic heterocycles. The number of carbonyl (C=O) groups excluding carboxylic acids is 1. The summed E-state index contributed by atoms with van der Waals surface area (Å²) in [6.45, 7) is 0. The molecule has 0 atom stereocenters. The molecule has 1 heterocycles. The van der Waals surface area contributed by atoms with Crippen molar-refractivity contribution in [1.82, 2.24) is 4.98 Å². The lowest BCUT2D eigenvalue weighted by atomic mass is 10.1. The molecule has 0 aliphatic heterocycles. The molecule has 7 nitrogen and oxygen atoms in total. The summed E-state index contributed by atoms with van der Waals surface area (Å²) in [6.07, 6.45) is 1.23. The Morgan fingerprint density at radius 1 is 1.52 bits per heavy atom. The third kappa shape index (κ3) is 3.32. The van der Waals surface area contributed by atoms with Crippen molar-refractivity contribution in [3.05, 3.63) is 46.4 Å². The largest absolute Gasteiger partial charge is 0.505 e. The molecule has 5 N–H and O–H groups in total. The molecule has 2 aromatic rings. The third-order valence-electron chi connectivity index (χ3n) is 2.92. The highest BCUT2D eigenvalue weighted by Crippen LogP contribution is 2.27. The van der Waals surface area contributed by atoms with Gasteiger partial charge in [0.25, 0.3) is 5.91 Å². The number of aromatic nitrogens is 1. The summed E-state index contributed by atoms with van der Waals surface area (Å²) in [5.41, 5.74) is 5.42. The highest BCUT2D eigenvalue weighted by atomic mass is 35.5. The first-order valence-electron chi connectivity index (χ1n) is 6.22. The van der Waals surface area contributed by atoms with Gasteiger partial charge in [-0.2, -0.15) is 0 Å². The number of benzene rings is 1. The Morgan fingerprint density at radius 3 is 2.87 bits per heavy atom. The summed E-state index contributed by atoms with van der Waals surface area (Å²) >= 11 is 5.79. The van der Waals surface area contributed by atoms with E-state index in [1.165, 1.54) is 25.4 Å². The number of nitrogens with zero attached hydrogens (tertiary/aromatic N) is 1. The first-order valence-corrected chi connectivity index (χ1v) is 6.59. The minimum atomic E-state index is -1.14. The van der Waals surface area contributed by atoms with Gasteiger partial charge in [-0.15, -0.1) is 0 Å². The van der Waals surface area contributed by atoms with Crippen LogP contribution in [0.3, 0.4) is 0 Å². The number of anilines is 2. The zero-order chi connectivity index (χ0) is 17.1. The number of aromatic hydroxyl groups is 1. The van der Waals surface area contributed by atoms with E-state index < -0.39 is 23.0 Å². The summed E-state index contributed by atoms with van der Waals surface area (Å²) in [6, 6.07) is 3.58. The molecule has 23 heavy (non-hydrogen) atoms. The molecule has 0 aliphatic rings. The van der Waals surface area contributed by atoms with Gasteiger partial charge in [-0.3, -0.25) is 10.2 Å². The zero-order valence-corrected chi connectivity index (χ0v) is 12.6. The fourth-order valence-electron chi connectivity index (χ4n) is 1.78. The van der Waals surface area contributed by atoms with Gasteiger partial charge in [0.15, 0.2) is 11.6 Å². The predicted octanol–water partition coefficient (Wildman–Crippen LogP) is 2.39. The van der Waals surface area contributed by atoms with Crippen molar-refractivity contribution in [2.24, 2.45) is 0 Å². The van der Waals surface area contributed by atoms with Crippen LogP contribution in [-0.2, 0) is 4.74 Å². The van der Waals surface area contributed by atoms with Crippen molar-refractivity contribution in [3.8, 4) is 5.75 Å². The Kier molecular flexibility index (Phi) is 4.65. The number of halogens is 2. The van der Waals surface area contributed by atoms with E-state index in [0.717, 1.165) is 6.07 Å². The van der Waals surface area contributed by atoms with E-state index in [1.54, 1.807) is 0 Å². The normalized spacial score (nSPS) is 10.2. The Bertz CT molecular complexity index is 798. The molecule has 0 fully saturated rings. The van der Waals surface area contributed by atoms with Crippen LogP contribution < -0.4 is 11.1 Å². The molecule has 0 spiro atoms. The number of pyridine rings is 1. The number of phenols is 1. The molecular weight excluding hydrogens is 327 g/mol. The van der Waals surface area contributed by atoms with E-state index in [0.29, 0.717) is 0 Å². The van der Waals surface area contributed by atoms with Crippen molar-refractivity contribution in [2.75, 3.05) is 18.2 Å². The topological polar surface area (TPSA) is 121 Å². The highest BCUT2D eigenvalue weighted by Gasteiger charge is 2.20. The molecule has 0 radical (unpaired) electrons. The molecule has 0 bridgehead atoms. The quantitative estimate of drug-likeness (QED) is 0.505. The van der Waals surface area contributed by atoms with Crippen LogP contribution in [0.1, 0.15) is 15.9 Å². The van der Waals surface area contributed by atoms with E-state index in [9.17, 15) is 14.3 Å². The number of rotatable bonds is 3. The minimum absolute atomic E-state index is 0.0383. The number of ether oxygens (including phenoxy) is 1. The number of amides is 1. The summed E-state index contributed by atoms with van der Waals surface area (Å²) in [5, 5.41) is 19.1. The third-order valence-corrected chi connectivity index (χ3v) is 3.24. The van der Waals surface area contributed by atoms with Gasteiger partial charge in [-0.25, -0.2) is 9.37 Å². The van der Waals surface area contributed by atoms with Gasteiger partial charge in [0.2, 0.25) is 5.90 Å². The summed E-state index contributed by atoms with van der Waals surface area (Å²) in [4.78, 5) is 16.0. The average molecular weight is 339 g/mol. The molecule has 0 saturated heterocycles. The van der Waals surface area contributed by atoms with Gasteiger partial charge in [0.05, 0.1) is 35.1 Å². The number of hydrogen-bond donors (Lipinski definition) is 4. The van der Waals surface area contributed by atoms with Crippen LogP contribution in [0, 0.1) is 11.2 Å². The number of phenolic OH excluding ortho intramolecular Hbond substituents is 1. The summed E-state index contributed by atoms with van der Waals surface area (Å²) < 4.78 is 18.6. The zero-order valence-electron chi connectivity index (χ0n) is 11.9. The van der Waals surface area contributed by atoms with Gasteiger partial charge in [0, 0.05) is 0 Å². The molecule has 0 saturated carbocycles. The van der Waals surface area contributed by atoms with Gasteiger partial charge in [0.1, 0.15) is 5.82 Å². The number of nitrogens with two attached hydrogens (primary N) is 1.